The molecule has 1 saturated heterocycles. The number of carbonyl (C=O) groups excluding carboxylic acids is 1. The van der Waals surface area contributed by atoms with Gasteiger partial charge in [-0.25, -0.2) is 4.79 Å². The number of amides is 2. The maximum absolute atomic E-state index is 11.8. The van der Waals surface area contributed by atoms with Gasteiger partial charge in [0.25, 0.3) is 0 Å². The molecule has 0 aliphatic carbocycles. The lowest BCUT2D eigenvalue weighted by Crippen LogP contribution is -2.57. The summed E-state index contributed by atoms with van der Waals surface area (Å²) in [7, 11) is 3.13. The van der Waals surface area contributed by atoms with Gasteiger partial charge in [0.15, 0.2) is 0 Å². The number of rotatable bonds is 7. The number of carboxylic acid groups (broad SMARTS) is 1. The van der Waals surface area contributed by atoms with Crippen molar-refractivity contribution in [3.63, 3.8) is 0 Å². The van der Waals surface area contributed by atoms with E-state index in [1.807, 2.05) is 0 Å². The molecular weight excluding hydrogens is 252 g/mol. The van der Waals surface area contributed by atoms with Crippen molar-refractivity contribution in [3.05, 3.63) is 0 Å². The van der Waals surface area contributed by atoms with Crippen LogP contribution in [0.1, 0.15) is 6.92 Å². The van der Waals surface area contributed by atoms with E-state index in [0.717, 1.165) is 0 Å². The van der Waals surface area contributed by atoms with Gasteiger partial charge in [0.1, 0.15) is 0 Å². The second-order valence-corrected chi connectivity index (χ2v) is 4.79. The van der Waals surface area contributed by atoms with Crippen molar-refractivity contribution in [2.75, 3.05) is 40.5 Å². The van der Waals surface area contributed by atoms with Crippen LogP contribution in [0.15, 0.2) is 0 Å². The third-order valence-electron chi connectivity index (χ3n) is 3.46. The zero-order valence-electron chi connectivity index (χ0n) is 11.6. The molecule has 1 aliphatic heterocycles. The summed E-state index contributed by atoms with van der Waals surface area (Å²) in [6.07, 6.45) is -0.177. The van der Waals surface area contributed by atoms with Crippen LogP contribution < -0.4 is 5.32 Å². The average molecular weight is 274 g/mol. The van der Waals surface area contributed by atoms with Gasteiger partial charge in [-0.1, -0.05) is 6.92 Å². The van der Waals surface area contributed by atoms with E-state index in [4.69, 9.17) is 14.6 Å². The number of carboxylic acids is 1. The summed E-state index contributed by atoms with van der Waals surface area (Å²) >= 11 is 0. The summed E-state index contributed by atoms with van der Waals surface area (Å²) in [4.78, 5) is 24.1. The molecule has 1 heterocycles. The average Bonchev–Trinajstić information content (AvgIpc) is 2.32. The summed E-state index contributed by atoms with van der Waals surface area (Å²) in [6, 6.07) is -0.188. The number of aliphatic carboxylic acids is 1. The van der Waals surface area contributed by atoms with Crippen LogP contribution in [-0.4, -0.2) is 68.6 Å². The van der Waals surface area contributed by atoms with Crippen LogP contribution >= 0.6 is 0 Å². The van der Waals surface area contributed by atoms with E-state index in [9.17, 15) is 9.59 Å². The van der Waals surface area contributed by atoms with E-state index in [1.165, 1.54) is 0 Å². The van der Waals surface area contributed by atoms with Crippen molar-refractivity contribution in [1.29, 1.82) is 0 Å². The van der Waals surface area contributed by atoms with Crippen molar-refractivity contribution < 1.29 is 24.2 Å². The highest BCUT2D eigenvalue weighted by atomic mass is 16.5. The molecule has 0 saturated carbocycles. The van der Waals surface area contributed by atoms with E-state index in [0.29, 0.717) is 26.2 Å². The maximum atomic E-state index is 11.8. The minimum atomic E-state index is -0.815. The number of methoxy groups -OCH3 is 2. The molecule has 110 valence electrons. The Labute approximate surface area is 112 Å². The second kappa shape index (κ2) is 7.30. The Morgan fingerprint density at radius 1 is 1.42 bits per heavy atom. The molecule has 7 heteroatoms. The van der Waals surface area contributed by atoms with Gasteiger partial charge in [-0.2, -0.15) is 0 Å². The highest BCUT2D eigenvalue weighted by Crippen LogP contribution is 2.23. The lowest BCUT2D eigenvalue weighted by atomic mass is 9.87. The predicted molar refractivity (Wildman–Crippen MR) is 67.9 cm³/mol. The number of hydrogen-bond donors (Lipinski definition) is 2. The number of hydrogen-bond acceptors (Lipinski definition) is 4. The van der Waals surface area contributed by atoms with Crippen molar-refractivity contribution in [3.8, 4) is 0 Å². The first-order chi connectivity index (χ1) is 8.99. The Balaban J connectivity index is 2.24. The molecule has 0 bridgehead atoms. The first kappa shape index (κ1) is 15.7. The number of ether oxygens (including phenoxy) is 2. The Kier molecular flexibility index (Phi) is 6.04. The van der Waals surface area contributed by atoms with Crippen LogP contribution in [0.3, 0.4) is 0 Å². The van der Waals surface area contributed by atoms with E-state index in [2.05, 4.69) is 5.32 Å². The van der Waals surface area contributed by atoms with Gasteiger partial charge in [-0.3, -0.25) is 4.79 Å². The Morgan fingerprint density at radius 3 is 2.53 bits per heavy atom. The Hall–Kier alpha value is -1.34. The number of carbonyl (C=O) groups is 2. The zero-order valence-corrected chi connectivity index (χ0v) is 11.6. The van der Waals surface area contributed by atoms with E-state index < -0.39 is 11.9 Å². The highest BCUT2D eigenvalue weighted by Gasteiger charge is 2.37. The number of urea groups is 1. The summed E-state index contributed by atoms with van der Waals surface area (Å²) in [6.45, 7) is 3.43. The van der Waals surface area contributed by atoms with Crippen LogP contribution in [0.5, 0.6) is 0 Å². The quantitative estimate of drug-likeness (QED) is 0.683. The van der Waals surface area contributed by atoms with Gasteiger partial charge < -0.3 is 24.8 Å². The monoisotopic (exact) mass is 274 g/mol. The van der Waals surface area contributed by atoms with E-state index >= 15 is 0 Å². The van der Waals surface area contributed by atoms with Gasteiger partial charge in [0.05, 0.1) is 18.6 Å². The molecule has 1 aliphatic rings. The SMILES string of the molecule is COCC(CNC(=O)N1CC(C(C)C(=O)O)C1)OC. The molecule has 0 spiro atoms. The fourth-order valence-electron chi connectivity index (χ4n) is 1.91. The van der Waals surface area contributed by atoms with Crippen LogP contribution in [0, 0.1) is 11.8 Å². The molecule has 0 aromatic rings. The van der Waals surface area contributed by atoms with Gasteiger partial charge in [0.2, 0.25) is 0 Å². The molecular formula is C12H22N2O5. The van der Waals surface area contributed by atoms with Crippen LogP contribution in [-0.2, 0) is 14.3 Å². The topological polar surface area (TPSA) is 88.1 Å². The number of nitrogens with one attached hydrogen (secondary N) is 1. The van der Waals surface area contributed by atoms with Crippen molar-refractivity contribution in [2.24, 2.45) is 11.8 Å². The second-order valence-electron chi connectivity index (χ2n) is 4.79. The summed E-state index contributed by atoms with van der Waals surface area (Å²) in [5.41, 5.74) is 0. The van der Waals surface area contributed by atoms with Gasteiger partial charge in [0, 0.05) is 39.8 Å². The predicted octanol–water partition coefficient (Wildman–Crippen LogP) is 0.00990. The number of likely N-dealkylation sites (tertiary alicyclic amines) is 1. The van der Waals surface area contributed by atoms with E-state index in [1.54, 1.807) is 26.0 Å². The van der Waals surface area contributed by atoms with Gasteiger partial charge >= 0.3 is 12.0 Å². The zero-order chi connectivity index (χ0) is 14.4. The van der Waals surface area contributed by atoms with Crippen molar-refractivity contribution in [2.45, 2.75) is 13.0 Å². The molecule has 2 unspecified atom stereocenters. The maximum Gasteiger partial charge on any atom is 0.317 e. The minimum Gasteiger partial charge on any atom is -0.481 e. The Bertz CT molecular complexity index is 317. The van der Waals surface area contributed by atoms with Gasteiger partial charge in [-0.05, 0) is 0 Å². The smallest absolute Gasteiger partial charge is 0.317 e. The summed E-state index contributed by atoms with van der Waals surface area (Å²) in [5.74, 6) is -1.19. The van der Waals surface area contributed by atoms with Crippen LogP contribution in [0.25, 0.3) is 0 Å². The molecule has 1 fully saturated rings. The molecule has 2 N–H and O–H groups in total. The van der Waals surface area contributed by atoms with Crippen molar-refractivity contribution >= 4 is 12.0 Å². The molecule has 0 aromatic heterocycles. The lowest BCUT2D eigenvalue weighted by molar-refractivity contribution is -0.144. The van der Waals surface area contributed by atoms with E-state index in [-0.39, 0.29) is 18.1 Å². The minimum absolute atomic E-state index is 0.0421. The van der Waals surface area contributed by atoms with Crippen molar-refractivity contribution in [1.82, 2.24) is 10.2 Å². The molecule has 19 heavy (non-hydrogen) atoms. The first-order valence-electron chi connectivity index (χ1n) is 6.26. The fraction of sp³-hybridized carbons (Fsp3) is 0.833. The standard InChI is InChI=1S/C12H22N2O5/c1-8(11(15)16)9-5-14(6-9)12(17)13-4-10(19-3)7-18-2/h8-10H,4-7H2,1-3H3,(H,13,17)(H,15,16). The summed E-state index contributed by atoms with van der Waals surface area (Å²) < 4.78 is 10.1. The molecule has 2 atom stereocenters. The Morgan fingerprint density at radius 2 is 2.05 bits per heavy atom. The van der Waals surface area contributed by atoms with Crippen LogP contribution in [0.4, 0.5) is 4.79 Å². The molecule has 2 amide bonds. The first-order valence-corrected chi connectivity index (χ1v) is 6.26. The lowest BCUT2D eigenvalue weighted by Gasteiger charge is -2.41. The molecule has 0 radical (unpaired) electrons. The third kappa shape index (κ3) is 4.36. The normalized spacial score (nSPS) is 18.6. The third-order valence-corrected chi connectivity index (χ3v) is 3.46. The van der Waals surface area contributed by atoms with Gasteiger partial charge in [-0.15, -0.1) is 0 Å². The molecule has 0 aromatic carbocycles. The summed E-state index contributed by atoms with van der Waals surface area (Å²) in [5, 5.41) is 11.6. The van der Waals surface area contributed by atoms with Crippen LogP contribution in [0.2, 0.25) is 0 Å². The fourth-order valence-corrected chi connectivity index (χ4v) is 1.91. The highest BCUT2D eigenvalue weighted by molar-refractivity contribution is 5.76. The number of nitrogens with zero attached hydrogens (tertiary/aromatic N) is 1. The largest absolute Gasteiger partial charge is 0.481 e. The molecule has 1 rings (SSSR count). The molecule has 7 nitrogen and oxygen atoms in total.